The van der Waals surface area contributed by atoms with Gasteiger partial charge in [0.2, 0.25) is 5.96 Å². The van der Waals surface area contributed by atoms with Crippen molar-refractivity contribution in [3.05, 3.63) is 24.3 Å². The van der Waals surface area contributed by atoms with Crippen molar-refractivity contribution in [2.75, 3.05) is 25.0 Å². The minimum Gasteiger partial charge on any atom is -0.372 e. The van der Waals surface area contributed by atoms with E-state index in [4.69, 9.17) is 0 Å². The van der Waals surface area contributed by atoms with E-state index >= 15 is 0 Å². The van der Waals surface area contributed by atoms with E-state index in [2.05, 4.69) is 51.1 Å². The molecule has 1 aliphatic heterocycles. The Bertz CT molecular complexity index is 581. The van der Waals surface area contributed by atoms with Crippen molar-refractivity contribution in [3.8, 4) is 0 Å². The number of nitrogens with zero attached hydrogens (tertiary/aromatic N) is 6. The summed E-state index contributed by atoms with van der Waals surface area (Å²) >= 11 is 0. The molecule has 0 saturated carbocycles. The largest absolute Gasteiger partial charge is 0.372 e. The van der Waals surface area contributed by atoms with Gasteiger partial charge in [0.25, 0.3) is 0 Å². The summed E-state index contributed by atoms with van der Waals surface area (Å²) in [4.78, 5) is 12.8. The fraction of sp³-hybridized carbons (Fsp3) is 0.500. The second-order valence-electron chi connectivity index (χ2n) is 5.65. The van der Waals surface area contributed by atoms with Gasteiger partial charge >= 0.3 is 0 Å². The first-order valence-corrected chi connectivity index (χ1v) is 7.60. The van der Waals surface area contributed by atoms with Crippen LogP contribution in [0, 0.1) is 0 Å². The molecular formula is C16H24N6. The van der Waals surface area contributed by atoms with Crippen molar-refractivity contribution < 1.29 is 0 Å². The Morgan fingerprint density at radius 2 is 1.73 bits per heavy atom. The van der Waals surface area contributed by atoms with Gasteiger partial charge in [0.05, 0.1) is 12.0 Å². The molecule has 118 valence electrons. The van der Waals surface area contributed by atoms with Gasteiger partial charge in [0, 0.05) is 25.8 Å². The Morgan fingerprint density at radius 1 is 1.09 bits per heavy atom. The molecule has 6 nitrogen and oxygen atoms in total. The molecule has 0 bridgehead atoms. The molecule has 0 radical (unpaired) electrons. The lowest BCUT2D eigenvalue weighted by Gasteiger charge is -2.24. The molecule has 22 heavy (non-hydrogen) atoms. The highest BCUT2D eigenvalue weighted by atomic mass is 15.4. The number of benzene rings is 1. The lowest BCUT2D eigenvalue weighted by atomic mass is 10.2. The van der Waals surface area contributed by atoms with Crippen LogP contribution in [0.25, 0.3) is 0 Å². The minimum atomic E-state index is -0.479. The van der Waals surface area contributed by atoms with Gasteiger partial charge in [-0.15, -0.1) is 10.2 Å². The summed E-state index contributed by atoms with van der Waals surface area (Å²) in [7, 11) is 1.86. The quantitative estimate of drug-likeness (QED) is 0.796. The molecule has 2 rings (SSSR count). The number of azo groups is 1. The highest BCUT2D eigenvalue weighted by Crippen LogP contribution is 2.21. The first-order valence-electron chi connectivity index (χ1n) is 7.60. The topological polar surface area (TPSA) is 55.9 Å². The van der Waals surface area contributed by atoms with Crippen LogP contribution in [-0.4, -0.2) is 43.0 Å². The molecule has 1 aliphatic rings. The Hall–Kier alpha value is -2.24. The predicted molar refractivity (Wildman–Crippen MR) is 92.3 cm³/mol. The smallest absolute Gasteiger partial charge is 0.248 e. The zero-order chi connectivity index (χ0) is 16.2. The molecule has 1 heterocycles. The highest BCUT2D eigenvalue weighted by Gasteiger charge is 2.21. The van der Waals surface area contributed by atoms with Crippen molar-refractivity contribution in [1.29, 1.82) is 0 Å². The summed E-state index contributed by atoms with van der Waals surface area (Å²) in [6, 6.07) is 8.08. The van der Waals surface area contributed by atoms with E-state index in [9.17, 15) is 0 Å². The zero-order valence-electron chi connectivity index (χ0n) is 14.0. The van der Waals surface area contributed by atoms with Crippen LogP contribution in [0.1, 0.15) is 27.7 Å². The molecule has 1 aromatic carbocycles. The summed E-state index contributed by atoms with van der Waals surface area (Å²) < 4.78 is 0. The molecule has 0 aromatic heterocycles. The van der Waals surface area contributed by atoms with Gasteiger partial charge < -0.3 is 9.80 Å². The Morgan fingerprint density at radius 3 is 2.32 bits per heavy atom. The normalized spacial score (nSPS) is 17.0. The van der Waals surface area contributed by atoms with E-state index in [1.54, 1.807) is 11.2 Å². The van der Waals surface area contributed by atoms with Crippen LogP contribution in [0.5, 0.6) is 0 Å². The van der Waals surface area contributed by atoms with Crippen molar-refractivity contribution >= 4 is 23.7 Å². The van der Waals surface area contributed by atoms with E-state index in [0.29, 0.717) is 5.96 Å². The van der Waals surface area contributed by atoms with Gasteiger partial charge in [-0.25, -0.2) is 9.98 Å². The average molecular weight is 300 g/mol. The van der Waals surface area contributed by atoms with Crippen molar-refractivity contribution in [2.24, 2.45) is 20.2 Å². The Kier molecular flexibility index (Phi) is 4.90. The Labute approximate surface area is 132 Å². The van der Waals surface area contributed by atoms with Crippen LogP contribution in [0.4, 0.5) is 11.4 Å². The summed E-state index contributed by atoms with van der Waals surface area (Å²) in [6.45, 7) is 10.2. The van der Waals surface area contributed by atoms with E-state index < -0.39 is 5.66 Å². The number of anilines is 1. The van der Waals surface area contributed by atoms with Crippen LogP contribution in [0.15, 0.2) is 44.5 Å². The van der Waals surface area contributed by atoms with Gasteiger partial charge in [-0.1, -0.05) is 0 Å². The summed E-state index contributed by atoms with van der Waals surface area (Å²) in [5.41, 5.74) is 1.53. The third-order valence-corrected chi connectivity index (χ3v) is 3.47. The maximum Gasteiger partial charge on any atom is 0.248 e. The first-order chi connectivity index (χ1) is 10.4. The van der Waals surface area contributed by atoms with Crippen LogP contribution in [0.3, 0.4) is 0 Å². The van der Waals surface area contributed by atoms with E-state index in [1.807, 2.05) is 33.0 Å². The number of rotatable bonds is 4. The van der Waals surface area contributed by atoms with E-state index in [1.165, 1.54) is 5.69 Å². The monoisotopic (exact) mass is 300 g/mol. The van der Waals surface area contributed by atoms with Gasteiger partial charge in [-0.05, 0) is 52.0 Å². The van der Waals surface area contributed by atoms with Crippen LogP contribution in [0.2, 0.25) is 0 Å². The number of aliphatic imine (C=N–C) groups is 2. The SMILES string of the molecule is CCN(CC)c1ccc(N=NC2=NC(C)(C)N=CN2C)cc1. The standard InChI is InChI=1S/C16H24N6/c1-6-22(7-2)14-10-8-13(9-11-14)19-20-15-18-16(3,4)17-12-21(15)5/h8-12H,6-7H2,1-5H3. The van der Waals surface area contributed by atoms with Crippen molar-refractivity contribution in [3.63, 3.8) is 0 Å². The molecule has 0 amide bonds. The van der Waals surface area contributed by atoms with Gasteiger partial charge in [0.15, 0.2) is 0 Å². The second kappa shape index (κ2) is 6.68. The number of hydrogen-bond acceptors (Lipinski definition) is 6. The molecule has 0 atom stereocenters. The molecular weight excluding hydrogens is 276 g/mol. The Balaban J connectivity index is 2.12. The fourth-order valence-electron chi connectivity index (χ4n) is 2.15. The molecule has 1 aromatic rings. The van der Waals surface area contributed by atoms with Gasteiger partial charge in [0.1, 0.15) is 5.66 Å². The lowest BCUT2D eigenvalue weighted by Crippen LogP contribution is -2.33. The lowest BCUT2D eigenvalue weighted by molar-refractivity contribution is 0.515. The van der Waals surface area contributed by atoms with Crippen LogP contribution < -0.4 is 4.90 Å². The van der Waals surface area contributed by atoms with E-state index in [0.717, 1.165) is 18.8 Å². The summed E-state index contributed by atoms with van der Waals surface area (Å²) in [6.07, 6.45) is 1.73. The van der Waals surface area contributed by atoms with Crippen molar-refractivity contribution in [2.45, 2.75) is 33.4 Å². The molecule has 0 unspecified atom stereocenters. The summed E-state index contributed by atoms with van der Waals surface area (Å²) in [5, 5.41) is 8.51. The number of guanidine groups is 1. The molecule has 0 saturated heterocycles. The highest BCUT2D eigenvalue weighted by molar-refractivity contribution is 5.92. The van der Waals surface area contributed by atoms with Crippen LogP contribution >= 0.6 is 0 Å². The predicted octanol–water partition coefficient (Wildman–Crippen LogP) is 3.68. The minimum absolute atomic E-state index is 0.479. The molecule has 6 heteroatoms. The molecule has 0 N–H and O–H groups in total. The maximum atomic E-state index is 4.46. The molecule has 0 aliphatic carbocycles. The third kappa shape index (κ3) is 3.90. The van der Waals surface area contributed by atoms with Gasteiger partial charge in [-0.3, -0.25) is 0 Å². The zero-order valence-corrected chi connectivity index (χ0v) is 14.0. The van der Waals surface area contributed by atoms with Crippen molar-refractivity contribution in [1.82, 2.24) is 4.90 Å². The third-order valence-electron chi connectivity index (χ3n) is 3.47. The second-order valence-corrected chi connectivity index (χ2v) is 5.65. The summed E-state index contributed by atoms with van der Waals surface area (Å²) in [5.74, 6) is 0.563. The number of hydrogen-bond donors (Lipinski definition) is 0. The van der Waals surface area contributed by atoms with Gasteiger partial charge in [-0.2, -0.15) is 0 Å². The van der Waals surface area contributed by atoms with E-state index in [-0.39, 0.29) is 0 Å². The fourth-order valence-corrected chi connectivity index (χ4v) is 2.15. The first kappa shape index (κ1) is 16.1. The molecule has 0 spiro atoms. The van der Waals surface area contributed by atoms with Crippen LogP contribution in [-0.2, 0) is 0 Å². The average Bonchev–Trinajstić information content (AvgIpc) is 2.51. The maximum absolute atomic E-state index is 4.46. The molecule has 0 fully saturated rings.